The summed E-state index contributed by atoms with van der Waals surface area (Å²) in [4.78, 5) is 2.77. The third kappa shape index (κ3) is 2.63. The van der Waals surface area contributed by atoms with Gasteiger partial charge in [0.2, 0.25) is 9.84 Å². The largest absolute Gasteiger partial charge is 0.335 e. The van der Waals surface area contributed by atoms with Gasteiger partial charge in [0.25, 0.3) is 0 Å². The van der Waals surface area contributed by atoms with E-state index in [-0.39, 0.29) is 0 Å². The van der Waals surface area contributed by atoms with Crippen LogP contribution in [0.4, 0.5) is 11.4 Å². The predicted octanol–water partition coefficient (Wildman–Crippen LogP) is 5.20. The molecule has 26 heavy (non-hydrogen) atoms. The minimum absolute atomic E-state index is 0.345. The van der Waals surface area contributed by atoms with Gasteiger partial charge in [0.1, 0.15) is 0 Å². The van der Waals surface area contributed by atoms with Crippen LogP contribution in [0.15, 0.2) is 89.2 Å². The molecule has 0 radical (unpaired) electrons. The van der Waals surface area contributed by atoms with E-state index in [0.717, 1.165) is 16.7 Å². The van der Waals surface area contributed by atoms with Crippen LogP contribution in [0.3, 0.4) is 0 Å². The molecule has 3 aromatic carbocycles. The second kappa shape index (κ2) is 6.15. The van der Waals surface area contributed by atoms with Crippen molar-refractivity contribution < 1.29 is 8.42 Å². The van der Waals surface area contributed by atoms with E-state index < -0.39 is 9.84 Å². The summed E-state index contributed by atoms with van der Waals surface area (Å²) in [6.45, 7) is 6.52. The van der Waals surface area contributed by atoms with Crippen LogP contribution in [0.1, 0.15) is 18.1 Å². The standard InChI is InChI=1S/C22H19NO2S/c1-16(2)18-12-13-22-20(14-18)23(15-17-8-4-3-5-9-17)19-10-6-7-11-21(19)26(22,24)25/h3-14H,1,15H2,2H3. The van der Waals surface area contributed by atoms with Crippen molar-refractivity contribution in [2.45, 2.75) is 23.3 Å². The van der Waals surface area contributed by atoms with E-state index in [2.05, 4.69) is 11.5 Å². The fourth-order valence-electron chi connectivity index (χ4n) is 3.31. The molecule has 3 aromatic rings. The molecule has 3 nitrogen and oxygen atoms in total. The summed E-state index contributed by atoms with van der Waals surface area (Å²) in [5, 5.41) is 0. The smallest absolute Gasteiger partial charge is 0.210 e. The molecule has 0 fully saturated rings. The van der Waals surface area contributed by atoms with Crippen molar-refractivity contribution >= 4 is 26.8 Å². The summed E-state index contributed by atoms with van der Waals surface area (Å²) < 4.78 is 26.3. The van der Waals surface area contributed by atoms with Crippen LogP contribution in [-0.2, 0) is 16.4 Å². The molecule has 4 heteroatoms. The second-order valence-corrected chi connectivity index (χ2v) is 8.39. The van der Waals surface area contributed by atoms with E-state index >= 15 is 0 Å². The Morgan fingerprint density at radius 2 is 1.54 bits per heavy atom. The summed E-state index contributed by atoms with van der Waals surface area (Å²) in [5.74, 6) is 0. The van der Waals surface area contributed by atoms with E-state index in [1.54, 1.807) is 18.2 Å². The Morgan fingerprint density at radius 1 is 0.885 bits per heavy atom. The molecule has 0 unspecified atom stereocenters. The highest BCUT2D eigenvalue weighted by atomic mass is 32.2. The highest BCUT2D eigenvalue weighted by Crippen LogP contribution is 2.45. The molecule has 0 aromatic heterocycles. The number of nitrogens with zero attached hydrogens (tertiary/aromatic N) is 1. The van der Waals surface area contributed by atoms with Gasteiger partial charge in [0, 0.05) is 6.54 Å². The van der Waals surface area contributed by atoms with Crippen molar-refractivity contribution in [1.82, 2.24) is 0 Å². The zero-order valence-corrected chi connectivity index (χ0v) is 15.3. The lowest BCUT2D eigenvalue weighted by Gasteiger charge is -2.33. The average Bonchev–Trinajstić information content (AvgIpc) is 2.66. The molecule has 0 saturated carbocycles. The van der Waals surface area contributed by atoms with Crippen molar-refractivity contribution in [2.75, 3.05) is 4.90 Å². The number of para-hydroxylation sites is 1. The first-order valence-electron chi connectivity index (χ1n) is 8.44. The van der Waals surface area contributed by atoms with Crippen molar-refractivity contribution in [3.63, 3.8) is 0 Å². The Hall–Kier alpha value is -2.85. The number of sulfone groups is 1. The minimum Gasteiger partial charge on any atom is -0.335 e. The van der Waals surface area contributed by atoms with Crippen LogP contribution < -0.4 is 4.90 Å². The van der Waals surface area contributed by atoms with Gasteiger partial charge >= 0.3 is 0 Å². The van der Waals surface area contributed by atoms with E-state index in [0.29, 0.717) is 27.7 Å². The molecule has 0 N–H and O–H groups in total. The maximum atomic E-state index is 13.1. The van der Waals surface area contributed by atoms with Crippen LogP contribution in [0, 0.1) is 0 Å². The molecule has 1 aliphatic rings. The number of hydrogen-bond acceptors (Lipinski definition) is 3. The Labute approximate surface area is 154 Å². The molecule has 0 aliphatic carbocycles. The van der Waals surface area contributed by atoms with Crippen molar-refractivity contribution in [1.29, 1.82) is 0 Å². The van der Waals surface area contributed by atoms with Gasteiger partial charge in [0.05, 0.1) is 21.2 Å². The van der Waals surface area contributed by atoms with E-state index in [1.807, 2.05) is 61.5 Å². The lowest BCUT2D eigenvalue weighted by molar-refractivity contribution is 0.594. The molecule has 1 aliphatic heterocycles. The number of rotatable bonds is 3. The Kier molecular flexibility index (Phi) is 3.93. The molecule has 130 valence electrons. The zero-order valence-electron chi connectivity index (χ0n) is 14.5. The SMILES string of the molecule is C=C(C)c1ccc2c(c1)N(Cc1ccccc1)c1ccccc1S2(=O)=O. The summed E-state index contributed by atoms with van der Waals surface area (Å²) >= 11 is 0. The number of allylic oxidation sites excluding steroid dienone is 1. The number of hydrogen-bond donors (Lipinski definition) is 0. The van der Waals surface area contributed by atoms with E-state index in [4.69, 9.17) is 0 Å². The molecule has 0 saturated heterocycles. The normalized spacial score (nSPS) is 14.4. The van der Waals surface area contributed by atoms with E-state index in [9.17, 15) is 8.42 Å². The first-order valence-corrected chi connectivity index (χ1v) is 9.92. The van der Waals surface area contributed by atoms with Gasteiger partial charge < -0.3 is 4.90 Å². The average molecular weight is 361 g/mol. The molecule has 0 amide bonds. The van der Waals surface area contributed by atoms with Gasteiger partial charge in [-0.3, -0.25) is 0 Å². The summed E-state index contributed by atoms with van der Waals surface area (Å²) in [6, 6.07) is 22.7. The van der Waals surface area contributed by atoms with Crippen LogP contribution in [0.2, 0.25) is 0 Å². The quantitative estimate of drug-likeness (QED) is 0.643. The zero-order chi connectivity index (χ0) is 18.3. The van der Waals surface area contributed by atoms with Crippen molar-refractivity contribution in [3.05, 3.63) is 90.5 Å². The Bertz CT molecular complexity index is 1100. The molecule has 4 rings (SSSR count). The van der Waals surface area contributed by atoms with Crippen LogP contribution in [-0.4, -0.2) is 8.42 Å². The van der Waals surface area contributed by atoms with Crippen molar-refractivity contribution in [2.24, 2.45) is 0 Å². The van der Waals surface area contributed by atoms with Crippen LogP contribution >= 0.6 is 0 Å². The lowest BCUT2D eigenvalue weighted by Crippen LogP contribution is -2.25. The highest BCUT2D eigenvalue weighted by molar-refractivity contribution is 7.92. The first-order chi connectivity index (χ1) is 12.5. The fourth-order valence-corrected chi connectivity index (χ4v) is 4.95. The number of benzene rings is 3. The van der Waals surface area contributed by atoms with Crippen molar-refractivity contribution in [3.8, 4) is 0 Å². The molecular weight excluding hydrogens is 342 g/mol. The van der Waals surface area contributed by atoms with Gasteiger partial charge in [-0.1, -0.05) is 60.7 Å². The molecule has 0 bridgehead atoms. The number of anilines is 2. The third-order valence-electron chi connectivity index (χ3n) is 4.66. The summed E-state index contributed by atoms with van der Waals surface area (Å²) in [5.41, 5.74) is 4.38. The lowest BCUT2D eigenvalue weighted by atomic mass is 10.1. The molecule has 0 spiro atoms. The van der Waals surface area contributed by atoms with Gasteiger partial charge in [-0.2, -0.15) is 0 Å². The number of fused-ring (bicyclic) bond motifs is 2. The van der Waals surface area contributed by atoms with Gasteiger partial charge in [-0.15, -0.1) is 0 Å². The van der Waals surface area contributed by atoms with Gasteiger partial charge in [-0.25, -0.2) is 8.42 Å². The highest BCUT2D eigenvalue weighted by Gasteiger charge is 2.34. The monoisotopic (exact) mass is 361 g/mol. The summed E-state index contributed by atoms with van der Waals surface area (Å²) in [6.07, 6.45) is 0. The predicted molar refractivity (Wildman–Crippen MR) is 105 cm³/mol. The summed E-state index contributed by atoms with van der Waals surface area (Å²) in [7, 11) is -3.54. The maximum absolute atomic E-state index is 13.1. The van der Waals surface area contributed by atoms with Crippen LogP contribution in [0.25, 0.3) is 5.57 Å². The Morgan fingerprint density at radius 3 is 2.27 bits per heavy atom. The van der Waals surface area contributed by atoms with Gasteiger partial charge in [0.15, 0.2) is 0 Å². The van der Waals surface area contributed by atoms with E-state index in [1.165, 1.54) is 0 Å². The molecular formula is C22H19NO2S. The third-order valence-corrected chi connectivity index (χ3v) is 6.51. The maximum Gasteiger partial charge on any atom is 0.210 e. The fraction of sp³-hybridized carbons (Fsp3) is 0.0909. The van der Waals surface area contributed by atoms with Gasteiger partial charge in [-0.05, 0) is 42.3 Å². The topological polar surface area (TPSA) is 37.4 Å². The Balaban J connectivity index is 1.96. The molecule has 1 heterocycles. The minimum atomic E-state index is -3.54. The second-order valence-electron chi connectivity index (χ2n) is 6.51. The molecule has 0 atom stereocenters. The van der Waals surface area contributed by atoms with Crippen LogP contribution in [0.5, 0.6) is 0 Å². The first kappa shape index (κ1) is 16.6.